The molecule has 0 saturated carbocycles. The van der Waals surface area contributed by atoms with E-state index >= 15 is 0 Å². The van der Waals surface area contributed by atoms with Crippen LogP contribution in [0.25, 0.3) is 0 Å². The maximum absolute atomic E-state index is 10.6. The van der Waals surface area contributed by atoms with Gasteiger partial charge in [-0.1, -0.05) is 12.1 Å². The van der Waals surface area contributed by atoms with Crippen molar-refractivity contribution in [3.8, 4) is 6.07 Å². The number of hydrogen-bond acceptors (Lipinski definition) is 4. The molecule has 0 unspecified atom stereocenters. The molecule has 0 aliphatic carbocycles. The van der Waals surface area contributed by atoms with Crippen LogP contribution < -0.4 is 0 Å². The molecule has 0 aliphatic heterocycles. The normalized spacial score (nSPS) is 10.2. The Balaban J connectivity index is 2.68. The Morgan fingerprint density at radius 1 is 1.15 bits per heavy atom. The second-order valence-corrected chi connectivity index (χ2v) is 4.38. The summed E-state index contributed by atoms with van der Waals surface area (Å²) in [6, 6.07) is 9.01. The van der Waals surface area contributed by atoms with Crippen LogP contribution in [-0.2, 0) is 16.1 Å². The maximum Gasteiger partial charge on any atom is 0.304 e. The molecule has 2 N–H and O–H groups in total. The predicted molar refractivity (Wildman–Crippen MR) is 70.9 cm³/mol. The van der Waals surface area contributed by atoms with Gasteiger partial charge in [0.25, 0.3) is 0 Å². The molecule has 6 heteroatoms. The third-order valence-corrected chi connectivity index (χ3v) is 2.75. The fourth-order valence-corrected chi connectivity index (χ4v) is 1.77. The lowest BCUT2D eigenvalue weighted by atomic mass is 10.1. The van der Waals surface area contributed by atoms with E-state index in [0.717, 1.165) is 5.56 Å². The molecule has 1 aromatic carbocycles. The van der Waals surface area contributed by atoms with Crippen LogP contribution in [-0.4, -0.2) is 40.1 Å². The number of nitrogens with zero attached hydrogens (tertiary/aromatic N) is 2. The monoisotopic (exact) mass is 276 g/mol. The van der Waals surface area contributed by atoms with Gasteiger partial charge in [-0.15, -0.1) is 0 Å². The van der Waals surface area contributed by atoms with Crippen LogP contribution >= 0.6 is 0 Å². The Kier molecular flexibility index (Phi) is 6.20. The molecule has 0 radical (unpaired) electrons. The van der Waals surface area contributed by atoms with Crippen molar-refractivity contribution >= 4 is 11.9 Å². The average molecular weight is 276 g/mol. The van der Waals surface area contributed by atoms with E-state index in [1.807, 2.05) is 12.1 Å². The molecule has 0 spiro atoms. The van der Waals surface area contributed by atoms with E-state index in [4.69, 9.17) is 15.5 Å². The molecule has 20 heavy (non-hydrogen) atoms. The summed E-state index contributed by atoms with van der Waals surface area (Å²) in [5.41, 5.74) is 1.39. The SMILES string of the molecule is N#Cc1cccc(CN(CCC(=O)O)CCC(=O)O)c1. The van der Waals surface area contributed by atoms with Crippen molar-refractivity contribution in [2.24, 2.45) is 0 Å². The first-order valence-electron chi connectivity index (χ1n) is 6.16. The van der Waals surface area contributed by atoms with Crippen LogP contribution in [0.4, 0.5) is 0 Å². The van der Waals surface area contributed by atoms with Gasteiger partial charge in [-0.3, -0.25) is 14.5 Å². The Labute approximate surface area is 116 Å². The first-order chi connectivity index (χ1) is 9.51. The van der Waals surface area contributed by atoms with Gasteiger partial charge < -0.3 is 10.2 Å². The van der Waals surface area contributed by atoms with Crippen molar-refractivity contribution in [2.45, 2.75) is 19.4 Å². The van der Waals surface area contributed by atoms with Gasteiger partial charge >= 0.3 is 11.9 Å². The molecule has 6 nitrogen and oxygen atoms in total. The highest BCUT2D eigenvalue weighted by Crippen LogP contribution is 2.09. The standard InChI is InChI=1S/C14H16N2O4/c15-9-11-2-1-3-12(8-11)10-16(6-4-13(17)18)7-5-14(19)20/h1-3,8H,4-7,10H2,(H,17,18)(H,19,20). The van der Waals surface area contributed by atoms with Gasteiger partial charge in [-0.05, 0) is 17.7 Å². The number of aliphatic carboxylic acids is 2. The number of rotatable bonds is 8. The van der Waals surface area contributed by atoms with Crippen molar-refractivity contribution < 1.29 is 19.8 Å². The second-order valence-electron chi connectivity index (χ2n) is 4.38. The Hall–Kier alpha value is -2.39. The third kappa shape index (κ3) is 5.98. The van der Waals surface area contributed by atoms with Gasteiger partial charge in [0.05, 0.1) is 24.5 Å². The van der Waals surface area contributed by atoms with Gasteiger partial charge in [0.1, 0.15) is 0 Å². The van der Waals surface area contributed by atoms with Crippen LogP contribution in [0.5, 0.6) is 0 Å². The van der Waals surface area contributed by atoms with Gasteiger partial charge in [-0.2, -0.15) is 5.26 Å². The van der Waals surface area contributed by atoms with Crippen molar-refractivity contribution in [2.75, 3.05) is 13.1 Å². The molecular weight excluding hydrogens is 260 g/mol. The van der Waals surface area contributed by atoms with Crippen LogP contribution in [0.1, 0.15) is 24.0 Å². The molecular formula is C14H16N2O4. The lowest BCUT2D eigenvalue weighted by Crippen LogP contribution is -2.28. The summed E-state index contributed by atoms with van der Waals surface area (Å²) in [5, 5.41) is 26.2. The summed E-state index contributed by atoms with van der Waals surface area (Å²) in [5.74, 6) is -1.84. The summed E-state index contributed by atoms with van der Waals surface area (Å²) in [4.78, 5) is 23.0. The van der Waals surface area contributed by atoms with Crippen molar-refractivity contribution in [3.05, 3.63) is 35.4 Å². The molecule has 0 atom stereocenters. The minimum Gasteiger partial charge on any atom is -0.481 e. The van der Waals surface area contributed by atoms with Gasteiger partial charge in [0.2, 0.25) is 0 Å². The second kappa shape index (κ2) is 7.92. The Bertz CT molecular complexity index is 504. The Morgan fingerprint density at radius 3 is 2.25 bits per heavy atom. The van der Waals surface area contributed by atoms with E-state index < -0.39 is 11.9 Å². The topological polar surface area (TPSA) is 102 Å². The number of carboxylic acid groups (broad SMARTS) is 2. The average Bonchev–Trinajstić information content (AvgIpc) is 2.41. The van der Waals surface area contributed by atoms with Crippen LogP contribution in [0, 0.1) is 11.3 Å². The number of carbonyl (C=O) groups is 2. The largest absolute Gasteiger partial charge is 0.481 e. The number of nitriles is 1. The minimum absolute atomic E-state index is 0.0441. The Morgan fingerprint density at radius 2 is 1.75 bits per heavy atom. The van der Waals surface area contributed by atoms with Crippen molar-refractivity contribution in [3.63, 3.8) is 0 Å². The minimum atomic E-state index is -0.920. The highest BCUT2D eigenvalue weighted by Gasteiger charge is 2.10. The van der Waals surface area contributed by atoms with Crippen LogP contribution in [0.3, 0.4) is 0 Å². The number of carboxylic acids is 2. The zero-order valence-corrected chi connectivity index (χ0v) is 11.0. The number of hydrogen-bond donors (Lipinski definition) is 2. The first-order valence-corrected chi connectivity index (χ1v) is 6.16. The summed E-state index contributed by atoms with van der Waals surface area (Å²) < 4.78 is 0. The van der Waals surface area contributed by atoms with Crippen molar-refractivity contribution in [1.29, 1.82) is 5.26 Å². The van der Waals surface area contributed by atoms with E-state index in [-0.39, 0.29) is 25.9 Å². The first kappa shape index (κ1) is 15.7. The summed E-state index contributed by atoms with van der Waals surface area (Å²) in [6.07, 6.45) is -0.0882. The van der Waals surface area contributed by atoms with Gasteiger partial charge in [0.15, 0.2) is 0 Å². The predicted octanol–water partition coefficient (Wildman–Crippen LogP) is 1.31. The fourth-order valence-electron chi connectivity index (χ4n) is 1.77. The van der Waals surface area contributed by atoms with Crippen molar-refractivity contribution in [1.82, 2.24) is 4.90 Å². The molecule has 0 bridgehead atoms. The maximum atomic E-state index is 10.6. The zero-order valence-electron chi connectivity index (χ0n) is 11.0. The summed E-state index contributed by atoms with van der Waals surface area (Å²) in [6.45, 7) is 0.981. The highest BCUT2D eigenvalue weighted by molar-refractivity contribution is 5.67. The molecule has 0 aliphatic rings. The van der Waals surface area contributed by atoms with Gasteiger partial charge in [0, 0.05) is 19.6 Å². The molecule has 0 amide bonds. The quantitative estimate of drug-likeness (QED) is 0.742. The number of benzene rings is 1. The molecule has 1 rings (SSSR count). The van der Waals surface area contributed by atoms with E-state index in [1.54, 1.807) is 23.1 Å². The van der Waals surface area contributed by atoms with E-state index in [9.17, 15) is 9.59 Å². The van der Waals surface area contributed by atoms with E-state index in [2.05, 4.69) is 0 Å². The molecule has 0 aromatic heterocycles. The smallest absolute Gasteiger partial charge is 0.304 e. The molecule has 1 aromatic rings. The van der Waals surface area contributed by atoms with Crippen LogP contribution in [0.15, 0.2) is 24.3 Å². The van der Waals surface area contributed by atoms with E-state index in [1.165, 1.54) is 0 Å². The van der Waals surface area contributed by atoms with Gasteiger partial charge in [-0.25, -0.2) is 0 Å². The molecule has 0 fully saturated rings. The molecule has 106 valence electrons. The zero-order chi connectivity index (χ0) is 15.0. The lowest BCUT2D eigenvalue weighted by molar-refractivity contribution is -0.137. The lowest BCUT2D eigenvalue weighted by Gasteiger charge is -2.20. The molecule has 0 saturated heterocycles. The molecule has 0 heterocycles. The van der Waals surface area contributed by atoms with E-state index in [0.29, 0.717) is 12.1 Å². The summed E-state index contributed by atoms with van der Waals surface area (Å²) in [7, 11) is 0. The third-order valence-electron chi connectivity index (χ3n) is 2.75. The summed E-state index contributed by atoms with van der Waals surface area (Å²) >= 11 is 0. The fraction of sp³-hybridized carbons (Fsp3) is 0.357. The highest BCUT2D eigenvalue weighted by atomic mass is 16.4. The van der Waals surface area contributed by atoms with Crippen LogP contribution in [0.2, 0.25) is 0 Å².